The quantitative estimate of drug-likeness (QED) is 0.604. The third-order valence-corrected chi connectivity index (χ3v) is 5.45. The van der Waals surface area contributed by atoms with Crippen molar-refractivity contribution in [1.29, 1.82) is 0 Å². The summed E-state index contributed by atoms with van der Waals surface area (Å²) in [4.78, 5) is 29.8. The fraction of sp³-hybridized carbons (Fsp3) is 0.375. The van der Waals surface area contributed by atoms with E-state index in [0.717, 1.165) is 11.6 Å². The molecule has 1 fully saturated rings. The van der Waals surface area contributed by atoms with Crippen molar-refractivity contribution in [2.24, 2.45) is 4.99 Å². The highest BCUT2D eigenvalue weighted by Gasteiger charge is 2.30. The fourth-order valence-electron chi connectivity index (χ4n) is 3.63. The summed E-state index contributed by atoms with van der Waals surface area (Å²) in [6.07, 6.45) is -1.15. The first-order valence-corrected chi connectivity index (χ1v) is 10.8. The number of hydrogen-bond donors (Lipinski definition) is 2. The van der Waals surface area contributed by atoms with Gasteiger partial charge in [-0.15, -0.1) is 0 Å². The predicted octanol–water partition coefficient (Wildman–Crippen LogP) is 1.96. The molecular weight excluding hydrogens is 447 g/mol. The highest BCUT2D eigenvalue weighted by Crippen LogP contribution is 2.36. The van der Waals surface area contributed by atoms with Crippen molar-refractivity contribution in [3.05, 3.63) is 53.3 Å². The molecule has 1 amide bonds. The lowest BCUT2D eigenvalue weighted by atomic mass is 9.98. The SMILES string of the molecule is COc1cccc(CNC(=O)C2=Nc3ccc(F)c(OC[C@H]4CO[C@H](CO)CO4)c3C(=O)C2)c1. The number of aliphatic imine (C=N–C) groups is 1. The second-order valence-electron chi connectivity index (χ2n) is 7.87. The van der Waals surface area contributed by atoms with Crippen LogP contribution in [0, 0.1) is 5.82 Å². The topological polar surface area (TPSA) is 116 Å². The van der Waals surface area contributed by atoms with Crippen molar-refractivity contribution in [3.8, 4) is 11.5 Å². The number of carbonyl (C=O) groups is 2. The lowest BCUT2D eigenvalue weighted by Crippen LogP contribution is -2.40. The van der Waals surface area contributed by atoms with Gasteiger partial charge in [0.2, 0.25) is 0 Å². The number of amides is 1. The number of rotatable bonds is 8. The molecule has 34 heavy (non-hydrogen) atoms. The van der Waals surface area contributed by atoms with E-state index in [2.05, 4.69) is 10.3 Å². The summed E-state index contributed by atoms with van der Waals surface area (Å²) in [7, 11) is 1.56. The van der Waals surface area contributed by atoms with Crippen LogP contribution in [0.1, 0.15) is 22.3 Å². The Balaban J connectivity index is 1.44. The van der Waals surface area contributed by atoms with Crippen LogP contribution in [0.25, 0.3) is 0 Å². The van der Waals surface area contributed by atoms with Gasteiger partial charge < -0.3 is 29.4 Å². The van der Waals surface area contributed by atoms with Gasteiger partial charge >= 0.3 is 0 Å². The van der Waals surface area contributed by atoms with E-state index in [4.69, 9.17) is 24.1 Å². The number of nitrogens with one attached hydrogen (secondary N) is 1. The maximum atomic E-state index is 14.5. The van der Waals surface area contributed by atoms with Crippen molar-refractivity contribution in [2.45, 2.75) is 25.2 Å². The zero-order chi connectivity index (χ0) is 24.1. The van der Waals surface area contributed by atoms with Crippen LogP contribution in [0.2, 0.25) is 0 Å². The van der Waals surface area contributed by atoms with E-state index in [9.17, 15) is 14.0 Å². The number of methoxy groups -OCH3 is 1. The van der Waals surface area contributed by atoms with Gasteiger partial charge in [-0.1, -0.05) is 12.1 Å². The second-order valence-corrected chi connectivity index (χ2v) is 7.87. The van der Waals surface area contributed by atoms with Crippen LogP contribution < -0.4 is 14.8 Å². The summed E-state index contributed by atoms with van der Waals surface area (Å²) in [5.74, 6) is -1.22. The van der Waals surface area contributed by atoms with Crippen LogP contribution in [0.15, 0.2) is 41.4 Å². The van der Waals surface area contributed by atoms with Crippen LogP contribution in [-0.4, -0.2) is 68.3 Å². The summed E-state index contributed by atoms with van der Waals surface area (Å²) in [6, 6.07) is 9.72. The molecule has 2 aliphatic heterocycles. The summed E-state index contributed by atoms with van der Waals surface area (Å²) in [5.41, 5.74) is 1.03. The van der Waals surface area contributed by atoms with Gasteiger partial charge in [0.25, 0.3) is 5.91 Å². The van der Waals surface area contributed by atoms with E-state index < -0.39 is 29.7 Å². The third-order valence-electron chi connectivity index (χ3n) is 5.45. The lowest BCUT2D eigenvalue weighted by molar-refractivity contribution is -0.153. The molecule has 0 saturated carbocycles. The number of carbonyl (C=O) groups excluding carboxylic acids is 2. The normalized spacial score (nSPS) is 19.7. The zero-order valence-corrected chi connectivity index (χ0v) is 18.6. The van der Waals surface area contributed by atoms with E-state index in [-0.39, 0.29) is 62.1 Å². The molecule has 4 rings (SSSR count). The third kappa shape index (κ3) is 5.41. The number of fused-ring (bicyclic) bond motifs is 1. The van der Waals surface area contributed by atoms with Gasteiger partial charge in [0.05, 0.1) is 44.6 Å². The molecule has 180 valence electrons. The minimum atomic E-state index is -0.710. The number of aliphatic hydroxyl groups excluding tert-OH is 1. The molecule has 2 atom stereocenters. The number of ether oxygens (including phenoxy) is 4. The maximum Gasteiger partial charge on any atom is 0.266 e. The lowest BCUT2D eigenvalue weighted by Gasteiger charge is -2.28. The van der Waals surface area contributed by atoms with Gasteiger partial charge in [-0.25, -0.2) is 9.38 Å². The van der Waals surface area contributed by atoms with E-state index in [0.29, 0.717) is 5.75 Å². The number of halogens is 1. The number of nitrogens with zero attached hydrogens (tertiary/aromatic N) is 1. The Hall–Kier alpha value is -3.34. The molecule has 0 aliphatic carbocycles. The first-order valence-electron chi connectivity index (χ1n) is 10.8. The number of benzene rings is 2. The average Bonchev–Trinajstić information content (AvgIpc) is 2.87. The summed E-state index contributed by atoms with van der Waals surface area (Å²) in [5, 5.41) is 11.8. The van der Waals surface area contributed by atoms with Crippen LogP contribution in [0.5, 0.6) is 11.5 Å². The number of aliphatic hydroxyl groups is 1. The molecule has 10 heteroatoms. The molecule has 0 bridgehead atoms. The van der Waals surface area contributed by atoms with Crippen LogP contribution in [0.4, 0.5) is 10.1 Å². The first kappa shape index (κ1) is 23.8. The average molecular weight is 472 g/mol. The van der Waals surface area contributed by atoms with Crippen LogP contribution in [0.3, 0.4) is 0 Å². The molecule has 2 aromatic carbocycles. The van der Waals surface area contributed by atoms with E-state index in [1.807, 2.05) is 12.1 Å². The van der Waals surface area contributed by atoms with Gasteiger partial charge in [-0.3, -0.25) is 9.59 Å². The van der Waals surface area contributed by atoms with Crippen molar-refractivity contribution >= 4 is 23.1 Å². The molecule has 0 radical (unpaired) electrons. The molecule has 1 saturated heterocycles. The predicted molar refractivity (Wildman–Crippen MR) is 119 cm³/mol. The zero-order valence-electron chi connectivity index (χ0n) is 18.6. The molecule has 0 spiro atoms. The van der Waals surface area contributed by atoms with Gasteiger partial charge in [0.15, 0.2) is 17.3 Å². The Bertz CT molecular complexity index is 1100. The fourth-order valence-corrected chi connectivity index (χ4v) is 3.63. The summed E-state index contributed by atoms with van der Waals surface area (Å²) < 4.78 is 36.2. The highest BCUT2D eigenvalue weighted by atomic mass is 19.1. The van der Waals surface area contributed by atoms with E-state index >= 15 is 0 Å². The number of hydrogen-bond acceptors (Lipinski definition) is 8. The minimum absolute atomic E-state index is 0.00527. The molecule has 2 aromatic rings. The minimum Gasteiger partial charge on any atom is -0.497 e. The molecular formula is C24H25FN2O7. The molecule has 0 unspecified atom stereocenters. The molecule has 9 nitrogen and oxygen atoms in total. The van der Waals surface area contributed by atoms with Crippen LogP contribution in [-0.2, 0) is 20.8 Å². The van der Waals surface area contributed by atoms with E-state index in [1.54, 1.807) is 19.2 Å². The monoisotopic (exact) mass is 472 g/mol. The Labute approximate surface area is 195 Å². The summed E-state index contributed by atoms with van der Waals surface area (Å²) >= 11 is 0. The number of ketones is 1. The summed E-state index contributed by atoms with van der Waals surface area (Å²) in [6.45, 7) is 0.393. The van der Waals surface area contributed by atoms with Crippen LogP contribution >= 0.6 is 0 Å². The number of Topliss-reactive ketones (excluding diaryl/α,β-unsaturated/α-hetero) is 1. The molecule has 2 aliphatic rings. The van der Waals surface area contributed by atoms with E-state index in [1.165, 1.54) is 6.07 Å². The largest absolute Gasteiger partial charge is 0.497 e. The van der Waals surface area contributed by atoms with Gasteiger partial charge in [0, 0.05) is 6.54 Å². The molecule has 0 aromatic heterocycles. The molecule has 2 heterocycles. The Kier molecular flexibility index (Phi) is 7.51. The second kappa shape index (κ2) is 10.7. The first-order chi connectivity index (χ1) is 16.5. The standard InChI is InChI=1S/C24H25FN2O7/c1-31-15-4-2-3-14(7-15)9-26-24(30)20-8-21(29)22-19(27-20)6-5-18(25)23(22)34-13-17-12-32-16(10-28)11-33-17/h2-7,16-17,28H,8-13H2,1H3,(H,26,30)/t16-,17-/m1/s1. The highest BCUT2D eigenvalue weighted by molar-refractivity contribution is 6.44. The van der Waals surface area contributed by atoms with Crippen molar-refractivity contribution in [1.82, 2.24) is 5.32 Å². The van der Waals surface area contributed by atoms with Crippen molar-refractivity contribution < 1.29 is 38.0 Å². The maximum absolute atomic E-state index is 14.5. The Morgan fingerprint density at radius 2 is 2.03 bits per heavy atom. The Morgan fingerprint density at radius 3 is 2.76 bits per heavy atom. The van der Waals surface area contributed by atoms with Gasteiger partial charge in [0.1, 0.15) is 30.3 Å². The smallest absolute Gasteiger partial charge is 0.266 e. The Morgan fingerprint density at radius 1 is 1.24 bits per heavy atom. The van der Waals surface area contributed by atoms with Gasteiger partial charge in [-0.05, 0) is 29.8 Å². The van der Waals surface area contributed by atoms with Crippen molar-refractivity contribution in [3.63, 3.8) is 0 Å². The molecule has 2 N–H and O–H groups in total. The van der Waals surface area contributed by atoms with Crippen molar-refractivity contribution in [2.75, 3.05) is 33.5 Å². The van der Waals surface area contributed by atoms with Gasteiger partial charge in [-0.2, -0.15) is 0 Å².